The predicted octanol–water partition coefficient (Wildman–Crippen LogP) is 5.06. The van der Waals surface area contributed by atoms with Crippen LogP contribution in [0.4, 0.5) is 10.1 Å². The van der Waals surface area contributed by atoms with Crippen molar-refractivity contribution in [3.8, 4) is 0 Å². The van der Waals surface area contributed by atoms with E-state index in [0.29, 0.717) is 36.0 Å². The minimum Gasteiger partial charge on any atom is -0.457 e. The lowest BCUT2D eigenvalue weighted by Crippen LogP contribution is -2.69. The number of aliphatic hydroxyl groups excluding tert-OH is 1. The number of ether oxygens (including phenoxy) is 3. The van der Waals surface area contributed by atoms with Gasteiger partial charge in [-0.25, -0.2) is 4.39 Å². The first-order valence-electron chi connectivity index (χ1n) is 18.1. The Balaban J connectivity index is 1.16. The molecule has 4 aliphatic carbocycles. The van der Waals surface area contributed by atoms with Crippen molar-refractivity contribution in [1.82, 2.24) is 5.32 Å². The molecule has 4 fully saturated rings. The van der Waals surface area contributed by atoms with Crippen LogP contribution >= 0.6 is 0 Å². The smallest absolute Gasteiger partial charge is 0.310 e. The van der Waals surface area contributed by atoms with Gasteiger partial charge in [0, 0.05) is 54.2 Å². The van der Waals surface area contributed by atoms with Crippen molar-refractivity contribution in [2.75, 3.05) is 32.1 Å². The van der Waals surface area contributed by atoms with E-state index in [1.807, 2.05) is 50.2 Å². The summed E-state index contributed by atoms with van der Waals surface area (Å²) in [4.78, 5) is 54.7. The van der Waals surface area contributed by atoms with Gasteiger partial charge in [0.05, 0.1) is 18.1 Å². The molecular weight excluding hydrogens is 667 g/mol. The van der Waals surface area contributed by atoms with E-state index >= 15 is 4.39 Å². The number of fused-ring (bicyclic) bond motifs is 7. The number of esters is 1. The molecule has 1 aliphatic heterocycles. The number of halogens is 1. The number of nitrogens with one attached hydrogen (secondary N) is 1. The molecule has 11 heteroatoms. The fourth-order valence-corrected chi connectivity index (χ4v) is 9.94. The number of anilines is 1. The summed E-state index contributed by atoms with van der Waals surface area (Å²) in [5.41, 5.74) is -3.27. The number of aliphatic hydroxyl groups is 1. The van der Waals surface area contributed by atoms with Gasteiger partial charge in [0.25, 0.3) is 5.91 Å². The third-order valence-electron chi connectivity index (χ3n) is 12.8. The zero-order valence-electron chi connectivity index (χ0n) is 30.3. The number of ketones is 2. The summed E-state index contributed by atoms with van der Waals surface area (Å²) in [7, 11) is 3.86. The Morgan fingerprint density at radius 2 is 1.79 bits per heavy atom. The van der Waals surface area contributed by atoms with Gasteiger partial charge in [-0.15, -0.1) is 0 Å². The summed E-state index contributed by atoms with van der Waals surface area (Å²) < 4.78 is 36.9. The SMILES string of the molecule is CC(CNC(=O)c1ccccc1)C(=O)OCC(=O)[C@@]12OC(c3ccc(N(C)C)cc3)OC1CC1C3CCC4=CC(=O)C=C[C@]4(C)[C@@]3(F)C(O)C[C@@]12C. The van der Waals surface area contributed by atoms with Crippen LogP contribution in [0.2, 0.25) is 0 Å². The number of allylic oxidation sites excluding steroid dienone is 4. The number of rotatable bonds is 9. The predicted molar refractivity (Wildman–Crippen MR) is 190 cm³/mol. The summed E-state index contributed by atoms with van der Waals surface area (Å²) in [6, 6.07) is 16.2. The molecule has 276 valence electrons. The van der Waals surface area contributed by atoms with Crippen LogP contribution in [-0.4, -0.2) is 79.3 Å². The number of nitrogens with zero attached hydrogens (tertiary/aromatic N) is 1. The van der Waals surface area contributed by atoms with Crippen LogP contribution in [0.1, 0.15) is 68.7 Å². The van der Waals surface area contributed by atoms with Crippen molar-refractivity contribution >= 4 is 29.1 Å². The molecule has 2 N–H and O–H groups in total. The molecule has 0 aromatic heterocycles. The van der Waals surface area contributed by atoms with Gasteiger partial charge < -0.3 is 29.5 Å². The Kier molecular flexibility index (Phi) is 9.07. The zero-order valence-corrected chi connectivity index (χ0v) is 30.3. The summed E-state index contributed by atoms with van der Waals surface area (Å²) in [6.07, 6.45) is 2.29. The topological polar surface area (TPSA) is 131 Å². The molecule has 3 saturated carbocycles. The van der Waals surface area contributed by atoms with Gasteiger partial charge in [0.15, 0.2) is 29.9 Å². The molecule has 5 aliphatic rings. The molecule has 0 spiro atoms. The Bertz CT molecular complexity index is 1830. The molecule has 52 heavy (non-hydrogen) atoms. The number of alkyl halides is 1. The quantitative estimate of drug-likeness (QED) is 0.342. The first-order chi connectivity index (χ1) is 24.7. The van der Waals surface area contributed by atoms with Crippen LogP contribution in [0.3, 0.4) is 0 Å². The maximum absolute atomic E-state index is 17.9. The van der Waals surface area contributed by atoms with E-state index in [-0.39, 0.29) is 24.7 Å². The van der Waals surface area contributed by atoms with E-state index in [9.17, 15) is 24.3 Å². The van der Waals surface area contributed by atoms with E-state index in [2.05, 4.69) is 5.32 Å². The lowest BCUT2D eigenvalue weighted by Gasteiger charge is -2.62. The fourth-order valence-electron chi connectivity index (χ4n) is 9.94. The van der Waals surface area contributed by atoms with Crippen LogP contribution in [-0.2, 0) is 28.6 Å². The van der Waals surface area contributed by atoms with Crippen molar-refractivity contribution < 1.29 is 42.9 Å². The molecule has 2 aromatic carbocycles. The molecule has 0 radical (unpaired) electrons. The highest BCUT2D eigenvalue weighted by atomic mass is 19.1. The van der Waals surface area contributed by atoms with Gasteiger partial charge in [0.1, 0.15) is 0 Å². The van der Waals surface area contributed by atoms with Crippen LogP contribution in [0.5, 0.6) is 0 Å². The average Bonchev–Trinajstić information content (AvgIpc) is 3.63. The van der Waals surface area contributed by atoms with Crippen molar-refractivity contribution in [2.24, 2.45) is 28.6 Å². The molecule has 1 amide bonds. The number of benzene rings is 2. The van der Waals surface area contributed by atoms with Crippen molar-refractivity contribution in [1.29, 1.82) is 0 Å². The van der Waals surface area contributed by atoms with Crippen molar-refractivity contribution in [3.05, 3.63) is 89.5 Å². The summed E-state index contributed by atoms with van der Waals surface area (Å²) in [5, 5.41) is 14.7. The van der Waals surface area contributed by atoms with E-state index < -0.39 is 76.7 Å². The van der Waals surface area contributed by atoms with E-state index in [1.54, 1.807) is 50.3 Å². The molecule has 10 nitrogen and oxygen atoms in total. The first kappa shape index (κ1) is 36.2. The number of hydrogen-bond acceptors (Lipinski definition) is 9. The summed E-state index contributed by atoms with van der Waals surface area (Å²) in [5.74, 6) is -3.58. The normalized spacial score (nSPS) is 36.4. The Hall–Kier alpha value is -4.19. The summed E-state index contributed by atoms with van der Waals surface area (Å²) in [6.45, 7) is 4.60. The van der Waals surface area contributed by atoms with Crippen LogP contribution < -0.4 is 10.2 Å². The monoisotopic (exact) mass is 714 g/mol. The molecular formula is C41H47FN2O8. The highest BCUT2D eigenvalue weighted by molar-refractivity contribution is 6.01. The Morgan fingerprint density at radius 3 is 2.48 bits per heavy atom. The van der Waals surface area contributed by atoms with Gasteiger partial charge in [-0.2, -0.15) is 0 Å². The largest absolute Gasteiger partial charge is 0.457 e. The highest BCUT2D eigenvalue weighted by Crippen LogP contribution is 2.72. The van der Waals surface area contributed by atoms with Gasteiger partial charge in [-0.3, -0.25) is 19.2 Å². The number of Topliss-reactive ketones (excluding diaryl/α,β-unsaturated/α-hetero) is 1. The van der Waals surface area contributed by atoms with Crippen molar-refractivity contribution in [3.63, 3.8) is 0 Å². The number of hydrogen-bond donors (Lipinski definition) is 2. The van der Waals surface area contributed by atoms with E-state index in [4.69, 9.17) is 14.2 Å². The molecule has 1 saturated heterocycles. The first-order valence-corrected chi connectivity index (χ1v) is 18.1. The van der Waals surface area contributed by atoms with Gasteiger partial charge in [0.2, 0.25) is 5.78 Å². The lowest BCUT2D eigenvalue weighted by molar-refractivity contribution is -0.231. The summed E-state index contributed by atoms with van der Waals surface area (Å²) >= 11 is 0. The highest BCUT2D eigenvalue weighted by Gasteiger charge is 2.79. The van der Waals surface area contributed by atoms with Crippen molar-refractivity contribution in [2.45, 2.75) is 76.2 Å². The van der Waals surface area contributed by atoms with E-state index in [0.717, 1.165) is 5.69 Å². The number of amides is 1. The molecule has 1 heterocycles. The molecule has 2 aromatic rings. The zero-order chi connectivity index (χ0) is 37.2. The maximum Gasteiger partial charge on any atom is 0.310 e. The minimum absolute atomic E-state index is 0.000633. The van der Waals surface area contributed by atoms with Gasteiger partial charge in [-0.05, 0) is 74.9 Å². The average molecular weight is 715 g/mol. The minimum atomic E-state index is -2.10. The molecule has 10 atom stereocenters. The van der Waals surface area contributed by atoms with E-state index in [1.165, 1.54) is 12.2 Å². The lowest BCUT2D eigenvalue weighted by atomic mass is 9.44. The van der Waals surface area contributed by atoms with Crippen LogP contribution in [0, 0.1) is 28.6 Å². The second kappa shape index (κ2) is 13.0. The molecule has 6 unspecified atom stereocenters. The Labute approximate surface area is 303 Å². The van der Waals surface area contributed by atoms with Crippen LogP contribution in [0.25, 0.3) is 0 Å². The molecule has 0 bridgehead atoms. The standard InChI is InChI=1S/C41H47FN2O8/c1-24(22-43-35(48)25-9-7-6-8-10-25)36(49)50-23-33(47)41-34(51-37(52-41)26-11-14-28(15-12-26)44(4)5)20-31-30-16-13-27-19-29(45)17-18-38(27,2)40(30,42)32(46)21-39(31,41)3/h6-12,14-15,17-19,24,30-32,34,37,46H,13,16,20-23H2,1-5H3,(H,43,48)/t24?,30?,31?,32?,34?,37?,38-,39-,40-,41+/m0/s1. The van der Waals surface area contributed by atoms with Gasteiger partial charge >= 0.3 is 5.97 Å². The third-order valence-corrected chi connectivity index (χ3v) is 12.8. The maximum atomic E-state index is 17.9. The third kappa shape index (κ3) is 5.38. The number of carbonyl (C=O) groups excluding carboxylic acids is 4. The number of carbonyl (C=O) groups is 4. The van der Waals surface area contributed by atoms with Crippen LogP contribution in [0.15, 0.2) is 78.4 Å². The van der Waals surface area contributed by atoms with Gasteiger partial charge in [-0.1, -0.05) is 55.8 Å². The Morgan fingerprint density at radius 1 is 1.08 bits per heavy atom. The molecule has 7 rings (SSSR count). The fraction of sp³-hybridized carbons (Fsp3) is 0.512. The second-order valence-corrected chi connectivity index (χ2v) is 15.8. The second-order valence-electron chi connectivity index (χ2n) is 15.8.